The van der Waals surface area contributed by atoms with Gasteiger partial charge >= 0.3 is 0 Å². The van der Waals surface area contributed by atoms with Crippen LogP contribution in [-0.2, 0) is 5.41 Å². The van der Waals surface area contributed by atoms with Crippen LogP contribution in [0.2, 0.25) is 0 Å². The van der Waals surface area contributed by atoms with Crippen molar-refractivity contribution in [3.63, 3.8) is 0 Å². The maximum Gasteiger partial charge on any atom is 0.294 e. The third kappa shape index (κ3) is 4.83. The van der Waals surface area contributed by atoms with Crippen LogP contribution in [0.4, 0.5) is 5.69 Å². The summed E-state index contributed by atoms with van der Waals surface area (Å²) in [6.07, 6.45) is 12.3. The summed E-state index contributed by atoms with van der Waals surface area (Å²) in [4.78, 5) is 0. The van der Waals surface area contributed by atoms with Gasteiger partial charge in [-0.1, -0.05) is 122 Å². The van der Waals surface area contributed by atoms with Gasteiger partial charge in [0.25, 0.3) is 5.82 Å². The third-order valence-corrected chi connectivity index (χ3v) is 13.6. The highest BCUT2D eigenvalue weighted by atomic mass is 15.7. The molecule has 4 heteroatoms. The molecule has 4 aromatic carbocycles. The van der Waals surface area contributed by atoms with Gasteiger partial charge in [0.05, 0.1) is 18.2 Å². The Bertz CT molecular complexity index is 2150. The van der Waals surface area contributed by atoms with E-state index in [4.69, 9.17) is 0 Å². The maximum atomic E-state index is 2.70. The second kappa shape index (κ2) is 12.4. The topological polar surface area (TPSA) is 8.81 Å². The first kappa shape index (κ1) is 34.8. The van der Waals surface area contributed by atoms with E-state index in [-0.39, 0.29) is 11.5 Å². The number of rotatable bonds is 9. The van der Waals surface area contributed by atoms with E-state index < -0.39 is 0 Å². The first-order valence-electron chi connectivity index (χ1n) is 19.9. The Morgan fingerprint density at radius 3 is 2.00 bits per heavy atom. The molecule has 5 aromatic rings. The second-order valence-corrected chi connectivity index (χ2v) is 17.2. The van der Waals surface area contributed by atoms with E-state index in [9.17, 15) is 0 Å². The number of hydrogen-bond donors (Lipinski definition) is 0. The first-order chi connectivity index (χ1) is 24.9. The second-order valence-electron chi connectivity index (χ2n) is 17.2. The van der Waals surface area contributed by atoms with E-state index in [0.717, 1.165) is 28.5 Å². The Balaban J connectivity index is 1.47. The number of imidazole rings is 1. The highest BCUT2D eigenvalue weighted by Gasteiger charge is 2.67. The quantitative estimate of drug-likeness (QED) is 0.107. The Morgan fingerprint density at radius 1 is 0.769 bits per heavy atom. The molecule has 2 bridgehead atoms. The van der Waals surface area contributed by atoms with Crippen molar-refractivity contribution in [3.8, 4) is 28.2 Å². The summed E-state index contributed by atoms with van der Waals surface area (Å²) >= 11 is 0. The first-order valence-corrected chi connectivity index (χ1v) is 19.9. The summed E-state index contributed by atoms with van der Waals surface area (Å²) in [6, 6.07) is 32.9. The van der Waals surface area contributed by atoms with E-state index in [2.05, 4.69) is 188 Å². The molecule has 4 nitrogen and oxygen atoms in total. The zero-order chi connectivity index (χ0) is 36.7. The van der Waals surface area contributed by atoms with Crippen molar-refractivity contribution in [1.29, 1.82) is 0 Å². The molecule has 0 N–H and O–H groups in total. The van der Waals surface area contributed by atoms with Crippen LogP contribution in [0.3, 0.4) is 0 Å². The lowest BCUT2D eigenvalue weighted by molar-refractivity contribution is -0.941. The van der Waals surface area contributed by atoms with Crippen LogP contribution in [0, 0.1) is 0 Å². The van der Waals surface area contributed by atoms with Crippen molar-refractivity contribution in [2.24, 2.45) is 0 Å². The zero-order valence-corrected chi connectivity index (χ0v) is 33.2. The molecule has 5 heterocycles. The number of fused-ring (bicyclic) bond motifs is 3. The number of quaternary nitrogens is 2. The van der Waals surface area contributed by atoms with Gasteiger partial charge in [0.1, 0.15) is 24.1 Å². The highest BCUT2D eigenvalue weighted by molar-refractivity contribution is 5.76. The predicted octanol–water partition coefficient (Wildman–Crippen LogP) is 11.7. The molecule has 0 amide bonds. The van der Waals surface area contributed by atoms with Crippen molar-refractivity contribution < 1.29 is 9.05 Å². The minimum Gasteiger partial charge on any atom is -0.222 e. The summed E-state index contributed by atoms with van der Waals surface area (Å²) in [6.45, 7) is 22.5. The van der Waals surface area contributed by atoms with Crippen molar-refractivity contribution in [1.82, 2.24) is 9.05 Å². The van der Waals surface area contributed by atoms with Crippen LogP contribution >= 0.6 is 0 Å². The molecule has 0 radical (unpaired) electrons. The van der Waals surface area contributed by atoms with E-state index in [1.54, 1.807) is 0 Å². The van der Waals surface area contributed by atoms with Crippen LogP contribution in [0.15, 0.2) is 110 Å². The van der Waals surface area contributed by atoms with Crippen LogP contribution < -0.4 is 9.05 Å². The normalized spacial score (nSPS) is 24.0. The van der Waals surface area contributed by atoms with Crippen molar-refractivity contribution >= 4 is 5.69 Å². The van der Waals surface area contributed by atoms with E-state index in [1.807, 2.05) is 0 Å². The van der Waals surface area contributed by atoms with E-state index in [0.29, 0.717) is 23.9 Å². The average molecular weight is 692 g/mol. The number of hydrogen-bond acceptors (Lipinski definition) is 0. The highest BCUT2D eigenvalue weighted by Crippen LogP contribution is 2.56. The van der Waals surface area contributed by atoms with Crippen molar-refractivity contribution in [2.75, 3.05) is 13.7 Å². The van der Waals surface area contributed by atoms with Crippen LogP contribution in [0.25, 0.3) is 28.2 Å². The average Bonchev–Trinajstić information content (AvgIpc) is 3.83. The fourth-order valence-corrected chi connectivity index (χ4v) is 10.3. The van der Waals surface area contributed by atoms with Gasteiger partial charge < -0.3 is 0 Å². The molecule has 4 aliphatic heterocycles. The van der Waals surface area contributed by atoms with E-state index in [1.165, 1.54) is 61.7 Å². The molecule has 268 valence electrons. The molecule has 1 fully saturated rings. The predicted molar refractivity (Wildman–Crippen MR) is 217 cm³/mol. The lowest BCUT2D eigenvalue weighted by Crippen LogP contribution is -2.76. The lowest BCUT2D eigenvalue weighted by Gasteiger charge is -2.52. The van der Waals surface area contributed by atoms with Crippen LogP contribution in [0.1, 0.15) is 127 Å². The lowest BCUT2D eigenvalue weighted by atomic mass is 9.64. The number of para-hydroxylation sites is 1. The van der Waals surface area contributed by atoms with Crippen LogP contribution in [-0.4, -0.2) is 28.9 Å². The van der Waals surface area contributed by atoms with Crippen molar-refractivity contribution in [3.05, 3.63) is 138 Å². The summed E-state index contributed by atoms with van der Waals surface area (Å²) < 4.78 is 7.22. The van der Waals surface area contributed by atoms with Gasteiger partial charge in [-0.25, -0.2) is 4.57 Å². The number of aromatic nitrogens is 2. The molecular weight excluding hydrogens is 633 g/mol. The summed E-state index contributed by atoms with van der Waals surface area (Å²) in [5.41, 5.74) is 13.8. The van der Waals surface area contributed by atoms with Gasteiger partial charge in [0.2, 0.25) is 12.8 Å². The Labute approximate surface area is 312 Å². The smallest absolute Gasteiger partial charge is 0.222 e. The van der Waals surface area contributed by atoms with Gasteiger partial charge in [0.15, 0.2) is 18.1 Å². The fraction of sp³-hybridized carbons (Fsp3) is 0.396. The number of nitrogens with zero attached hydrogens (tertiary/aromatic N) is 4. The molecular formula is C48H59N4+3. The van der Waals surface area contributed by atoms with Crippen LogP contribution in [0.5, 0.6) is 0 Å². The fourth-order valence-electron chi connectivity index (χ4n) is 10.3. The number of benzene rings is 4. The molecule has 1 saturated heterocycles. The monoisotopic (exact) mass is 691 g/mol. The molecule has 0 spiro atoms. The Kier molecular flexibility index (Phi) is 8.32. The summed E-state index contributed by atoms with van der Waals surface area (Å²) in [5, 5.41) is 0. The standard InChI is InChI=1S/C48H59N4/c1-11-48(12-2)43-23-22-37(36-18-14-13-15-19-36)28-42(43)47-49(45-40(33(5)6)29-38(32(3)4)30-41(45)34(7)8)24-25-50(47)46(48)39-20-16-17-21-44(39)52-27-26-51(10,31-52)35(52)9/h13-30,32-35,46H,11-12,31H2,1-10H3/q+3. The largest absolute Gasteiger partial charge is 0.294 e. The summed E-state index contributed by atoms with van der Waals surface area (Å²) in [7, 11) is 2.38. The van der Waals surface area contributed by atoms with E-state index >= 15 is 0 Å². The van der Waals surface area contributed by atoms with Gasteiger partial charge in [-0.05, 0) is 65.0 Å². The van der Waals surface area contributed by atoms with Gasteiger partial charge in [-0.2, -0.15) is 13.5 Å². The Morgan fingerprint density at radius 2 is 1.42 bits per heavy atom. The molecule has 0 aliphatic carbocycles. The van der Waals surface area contributed by atoms with Gasteiger partial charge in [-0.15, -0.1) is 0 Å². The van der Waals surface area contributed by atoms with Crippen molar-refractivity contribution in [2.45, 2.75) is 111 Å². The third-order valence-electron chi connectivity index (χ3n) is 13.6. The minimum absolute atomic E-state index is 0.0955. The molecule has 4 atom stereocenters. The van der Waals surface area contributed by atoms with Gasteiger partial charge in [-0.3, -0.25) is 0 Å². The molecule has 1 aromatic heterocycles. The summed E-state index contributed by atoms with van der Waals surface area (Å²) in [5.74, 6) is 2.53. The molecule has 52 heavy (non-hydrogen) atoms. The Hall–Kier alpha value is -4.25. The maximum absolute atomic E-state index is 2.70. The zero-order valence-electron chi connectivity index (χ0n) is 33.2. The molecule has 4 unspecified atom stereocenters. The molecule has 9 rings (SSSR count). The SMILES string of the molecule is CCC1(CC)c2ccc(-c3ccccc3)cc2-c2n(-c3c(C(C)C)cc(C(C)C)cc3C(C)C)cc[n+]2C1c1ccccc1[N+]12C=C[N+](C)(C1)C2C. The minimum atomic E-state index is -0.0955. The molecule has 4 aliphatic rings. The van der Waals surface area contributed by atoms with Gasteiger partial charge in [0, 0.05) is 29.5 Å². The molecule has 0 saturated carbocycles.